The second-order valence-electron chi connectivity index (χ2n) is 24.3. The van der Waals surface area contributed by atoms with Crippen LogP contribution in [0.5, 0.6) is 0 Å². The van der Waals surface area contributed by atoms with Gasteiger partial charge in [-0.05, 0) is 70.6 Å². The number of aliphatic hydroxyl groups is 8. The van der Waals surface area contributed by atoms with Crippen LogP contribution in [0.3, 0.4) is 0 Å². The van der Waals surface area contributed by atoms with Crippen LogP contribution in [0.25, 0.3) is 0 Å². The van der Waals surface area contributed by atoms with Crippen molar-refractivity contribution in [3.8, 4) is 0 Å². The molecule has 12 unspecified atom stereocenters. The van der Waals surface area contributed by atoms with Gasteiger partial charge in [-0.3, -0.25) is 4.79 Å². The van der Waals surface area contributed by atoms with Gasteiger partial charge in [-0.25, -0.2) is 0 Å². The van der Waals surface area contributed by atoms with Crippen LogP contribution in [0, 0.1) is 0 Å². The van der Waals surface area contributed by atoms with Crippen LogP contribution < -0.4 is 5.32 Å². The molecule has 14 heteroatoms. The number of unbranched alkanes of at least 4 members (excludes halogenated alkanes) is 37. The maximum atomic E-state index is 13.3. The maximum Gasteiger partial charge on any atom is 0.220 e. The van der Waals surface area contributed by atoms with Crippen molar-refractivity contribution in [2.75, 3.05) is 19.8 Å². The largest absolute Gasteiger partial charge is 0.394 e. The topological polar surface area (TPSA) is 228 Å². The zero-order valence-corrected chi connectivity index (χ0v) is 52.7. The molecule has 0 radical (unpaired) electrons. The molecule has 14 nitrogen and oxygen atoms in total. The number of carbonyl (C=O) groups excluding carboxylic acids is 1. The minimum atomic E-state index is -1.79. The molecule has 2 fully saturated rings. The molecule has 1 amide bonds. The highest BCUT2D eigenvalue weighted by atomic mass is 16.7. The molecule has 0 aromatic rings. The van der Waals surface area contributed by atoms with E-state index in [1.807, 2.05) is 6.08 Å². The summed E-state index contributed by atoms with van der Waals surface area (Å²) in [6, 6.07) is -0.938. The van der Waals surface area contributed by atoms with Gasteiger partial charge in [0.05, 0.1) is 32.0 Å². The summed E-state index contributed by atoms with van der Waals surface area (Å²) < 4.78 is 22.8. The highest BCUT2D eigenvalue weighted by molar-refractivity contribution is 5.76. The Morgan fingerprint density at radius 2 is 0.771 bits per heavy atom. The van der Waals surface area contributed by atoms with E-state index < -0.39 is 86.8 Å². The lowest BCUT2D eigenvalue weighted by Crippen LogP contribution is -2.65. The molecule has 12 atom stereocenters. The Bertz CT molecular complexity index is 1580. The SMILES string of the molecule is CCCCCCCCCC/C=C\CCCCCCCCCCCCCCCCCCCC(=O)NC(COC1OC(CO)C(OC2OC(CO)C(O)C(O)C2O)C(O)C1O)C(O)/C=C/CC/C=C/CC/C=C/CCCCCCCCCCCC. The third-order valence-corrected chi connectivity index (χ3v) is 16.7. The van der Waals surface area contributed by atoms with Gasteiger partial charge in [0.15, 0.2) is 12.6 Å². The molecule has 2 rings (SSSR count). The second-order valence-corrected chi connectivity index (χ2v) is 24.3. The quantitative estimate of drug-likeness (QED) is 0.0204. The first kappa shape index (κ1) is 77.0. The lowest BCUT2D eigenvalue weighted by Gasteiger charge is -2.46. The molecule has 0 spiro atoms. The summed E-state index contributed by atoms with van der Waals surface area (Å²) in [6.45, 7) is 2.80. The number of allylic oxidation sites excluding steroid dienone is 7. The van der Waals surface area contributed by atoms with Crippen molar-refractivity contribution in [2.24, 2.45) is 0 Å². The molecule has 2 saturated heterocycles. The Balaban J connectivity index is 1.69. The molecule has 0 aromatic heterocycles. The van der Waals surface area contributed by atoms with Crippen LogP contribution in [0.15, 0.2) is 48.6 Å². The average Bonchev–Trinajstić information content (AvgIpc) is 3.65. The van der Waals surface area contributed by atoms with Gasteiger partial charge in [0.1, 0.15) is 48.8 Å². The number of rotatable bonds is 56. The van der Waals surface area contributed by atoms with Crippen molar-refractivity contribution in [1.82, 2.24) is 5.32 Å². The predicted octanol–water partition coefficient (Wildman–Crippen LogP) is 13.5. The summed E-state index contributed by atoms with van der Waals surface area (Å²) >= 11 is 0. The van der Waals surface area contributed by atoms with Gasteiger partial charge in [-0.1, -0.05) is 262 Å². The van der Waals surface area contributed by atoms with E-state index in [4.69, 9.17) is 18.9 Å². The molecule has 486 valence electrons. The van der Waals surface area contributed by atoms with Crippen LogP contribution in [0.4, 0.5) is 0 Å². The molecule has 9 N–H and O–H groups in total. The maximum absolute atomic E-state index is 13.3. The molecular weight excluding hydrogens is 1050 g/mol. The summed E-state index contributed by atoms with van der Waals surface area (Å²) in [5.41, 5.74) is 0. The number of carbonyl (C=O) groups is 1. The van der Waals surface area contributed by atoms with Gasteiger partial charge >= 0.3 is 0 Å². The van der Waals surface area contributed by atoms with Crippen molar-refractivity contribution >= 4 is 5.91 Å². The fourth-order valence-electron chi connectivity index (χ4n) is 11.2. The first-order valence-corrected chi connectivity index (χ1v) is 34.4. The van der Waals surface area contributed by atoms with Gasteiger partial charge < -0.3 is 65.1 Å². The van der Waals surface area contributed by atoms with E-state index in [1.54, 1.807) is 6.08 Å². The van der Waals surface area contributed by atoms with E-state index in [0.29, 0.717) is 12.8 Å². The predicted molar refractivity (Wildman–Crippen MR) is 337 cm³/mol. The van der Waals surface area contributed by atoms with Gasteiger partial charge in [0.2, 0.25) is 5.91 Å². The minimum Gasteiger partial charge on any atom is -0.394 e. The van der Waals surface area contributed by atoms with Crippen molar-refractivity contribution in [3.63, 3.8) is 0 Å². The Hall–Kier alpha value is -2.05. The molecule has 83 heavy (non-hydrogen) atoms. The third kappa shape index (κ3) is 38.8. The number of ether oxygens (including phenoxy) is 4. The van der Waals surface area contributed by atoms with E-state index in [0.717, 1.165) is 44.9 Å². The molecule has 0 aliphatic carbocycles. The van der Waals surface area contributed by atoms with Crippen LogP contribution in [-0.4, -0.2) is 140 Å². The van der Waals surface area contributed by atoms with Crippen molar-refractivity contribution in [3.05, 3.63) is 48.6 Å². The van der Waals surface area contributed by atoms with E-state index >= 15 is 0 Å². The number of hydrogen-bond donors (Lipinski definition) is 9. The molecule has 0 aromatic carbocycles. The van der Waals surface area contributed by atoms with Gasteiger partial charge in [0.25, 0.3) is 0 Å². The van der Waals surface area contributed by atoms with Crippen LogP contribution in [0.2, 0.25) is 0 Å². The number of nitrogens with one attached hydrogen (secondary N) is 1. The normalized spacial score (nSPS) is 24.1. The molecule has 2 aliphatic heterocycles. The first-order chi connectivity index (χ1) is 40.6. The Morgan fingerprint density at radius 1 is 0.422 bits per heavy atom. The average molecular weight is 1180 g/mol. The van der Waals surface area contributed by atoms with Crippen LogP contribution in [-0.2, 0) is 23.7 Å². The van der Waals surface area contributed by atoms with E-state index in [2.05, 4.69) is 55.6 Å². The van der Waals surface area contributed by atoms with Crippen molar-refractivity contribution in [1.29, 1.82) is 0 Å². The fourth-order valence-corrected chi connectivity index (χ4v) is 11.2. The van der Waals surface area contributed by atoms with Gasteiger partial charge in [0, 0.05) is 6.42 Å². The fraction of sp³-hybridized carbons (Fsp3) is 0.870. The number of aliphatic hydroxyl groups excluding tert-OH is 8. The minimum absolute atomic E-state index is 0.249. The summed E-state index contributed by atoms with van der Waals surface area (Å²) in [7, 11) is 0. The molecule has 0 saturated carbocycles. The summed E-state index contributed by atoms with van der Waals surface area (Å²) in [4.78, 5) is 13.3. The van der Waals surface area contributed by atoms with Crippen molar-refractivity contribution in [2.45, 2.75) is 364 Å². The Labute approximate surface area is 505 Å². The lowest BCUT2D eigenvalue weighted by atomic mass is 9.97. The third-order valence-electron chi connectivity index (χ3n) is 16.7. The summed E-state index contributed by atoms with van der Waals surface area (Å²) in [6.07, 6.45) is 53.1. The summed E-state index contributed by atoms with van der Waals surface area (Å²) in [5, 5.41) is 87.3. The van der Waals surface area contributed by atoms with Crippen LogP contribution >= 0.6 is 0 Å². The van der Waals surface area contributed by atoms with E-state index in [1.165, 1.54) is 212 Å². The Morgan fingerprint density at radius 3 is 1.18 bits per heavy atom. The van der Waals surface area contributed by atoms with E-state index in [9.17, 15) is 45.6 Å². The van der Waals surface area contributed by atoms with Gasteiger partial charge in [-0.15, -0.1) is 0 Å². The number of amides is 1. The standard InChI is InChI=1S/C69H127NO13/c1-3-5-7-9-11-13-15-17-19-21-23-25-26-27-28-29-30-31-32-33-35-37-39-41-43-45-47-49-51-53-61(74)70-57(58(73)52-50-48-46-44-42-40-38-36-34-24-22-20-18-16-14-12-10-8-6-4-2)56-80-68-66(79)64(77)67(60(55-72)82-68)83-69-65(78)63(76)62(75)59(54-71)81-69/h21,23,34,36,42,44,50,52,57-60,62-69,71-73,75-79H,3-20,22,24-33,35,37-41,43,45-49,51,53-56H2,1-2H3,(H,70,74)/b23-21-,36-34+,44-42+,52-50+. The molecule has 2 heterocycles. The van der Waals surface area contributed by atoms with E-state index in [-0.39, 0.29) is 18.9 Å². The number of hydrogen-bond acceptors (Lipinski definition) is 13. The highest BCUT2D eigenvalue weighted by Crippen LogP contribution is 2.30. The lowest BCUT2D eigenvalue weighted by molar-refractivity contribution is -0.359. The molecule has 2 aliphatic rings. The second kappa shape index (κ2) is 54.1. The highest BCUT2D eigenvalue weighted by Gasteiger charge is 2.51. The van der Waals surface area contributed by atoms with Crippen LogP contribution in [0.1, 0.15) is 290 Å². The van der Waals surface area contributed by atoms with Gasteiger partial charge in [-0.2, -0.15) is 0 Å². The zero-order valence-electron chi connectivity index (χ0n) is 52.7. The smallest absolute Gasteiger partial charge is 0.220 e. The van der Waals surface area contributed by atoms with Crippen molar-refractivity contribution < 1.29 is 64.6 Å². The monoisotopic (exact) mass is 1180 g/mol. The zero-order chi connectivity index (χ0) is 60.2. The Kier molecular flexibility index (Phi) is 50.2. The first-order valence-electron chi connectivity index (χ1n) is 34.4. The molecule has 0 bridgehead atoms. The molecular formula is C69H127NO13. The summed E-state index contributed by atoms with van der Waals surface area (Å²) in [5.74, 6) is -0.249.